The van der Waals surface area contributed by atoms with Crippen LogP contribution in [0.2, 0.25) is 0 Å². The van der Waals surface area contributed by atoms with E-state index >= 15 is 0 Å². The molecule has 98 valence electrons. The standard InChI is InChI=1S/C17H19NO/c1-13(2)12-17(19)18-16-10-8-15(9-11-16)14-6-4-3-5-7-14/h3-11,13H,12H2,1-2H3,(H,18,19). The normalized spacial score (nSPS) is 10.5. The molecular formula is C17H19NO. The highest BCUT2D eigenvalue weighted by Crippen LogP contribution is 2.21. The highest BCUT2D eigenvalue weighted by atomic mass is 16.1. The quantitative estimate of drug-likeness (QED) is 0.863. The largest absolute Gasteiger partial charge is 0.326 e. The molecule has 0 aliphatic rings. The smallest absolute Gasteiger partial charge is 0.224 e. The summed E-state index contributed by atoms with van der Waals surface area (Å²) in [6, 6.07) is 18.1. The maximum Gasteiger partial charge on any atom is 0.224 e. The van der Waals surface area contributed by atoms with E-state index < -0.39 is 0 Å². The van der Waals surface area contributed by atoms with Gasteiger partial charge in [0.15, 0.2) is 0 Å². The van der Waals surface area contributed by atoms with Gasteiger partial charge in [-0.3, -0.25) is 4.79 Å². The minimum atomic E-state index is 0.0717. The second-order valence-electron chi connectivity index (χ2n) is 5.09. The van der Waals surface area contributed by atoms with Crippen LogP contribution >= 0.6 is 0 Å². The molecule has 1 amide bonds. The summed E-state index contributed by atoms with van der Waals surface area (Å²) in [6.45, 7) is 4.08. The van der Waals surface area contributed by atoms with E-state index in [1.165, 1.54) is 5.56 Å². The summed E-state index contributed by atoms with van der Waals surface area (Å²) in [4.78, 5) is 11.7. The van der Waals surface area contributed by atoms with Crippen LogP contribution in [0.1, 0.15) is 20.3 Å². The first kappa shape index (κ1) is 13.3. The highest BCUT2D eigenvalue weighted by molar-refractivity contribution is 5.91. The third-order valence-electron chi connectivity index (χ3n) is 2.87. The van der Waals surface area contributed by atoms with E-state index in [0.29, 0.717) is 12.3 Å². The number of hydrogen-bond acceptors (Lipinski definition) is 1. The van der Waals surface area contributed by atoms with Crippen molar-refractivity contribution >= 4 is 11.6 Å². The number of benzene rings is 2. The van der Waals surface area contributed by atoms with Crippen LogP contribution in [0.25, 0.3) is 11.1 Å². The summed E-state index contributed by atoms with van der Waals surface area (Å²) < 4.78 is 0. The van der Waals surface area contributed by atoms with Crippen LogP contribution in [-0.2, 0) is 4.79 Å². The number of nitrogens with one attached hydrogen (secondary N) is 1. The maximum atomic E-state index is 11.7. The molecule has 0 saturated carbocycles. The Bertz CT molecular complexity index is 529. The van der Waals surface area contributed by atoms with Gasteiger partial charge in [-0.25, -0.2) is 0 Å². The maximum absolute atomic E-state index is 11.7. The first-order chi connectivity index (χ1) is 9.15. The van der Waals surface area contributed by atoms with E-state index in [1.807, 2.05) is 56.3 Å². The summed E-state index contributed by atoms with van der Waals surface area (Å²) >= 11 is 0. The average Bonchev–Trinajstić information content (AvgIpc) is 2.39. The molecule has 0 spiro atoms. The lowest BCUT2D eigenvalue weighted by Crippen LogP contribution is -2.13. The van der Waals surface area contributed by atoms with Crippen molar-refractivity contribution in [2.24, 2.45) is 5.92 Å². The predicted octanol–water partition coefficient (Wildman–Crippen LogP) is 4.34. The first-order valence-electron chi connectivity index (χ1n) is 6.60. The molecule has 2 rings (SSSR count). The van der Waals surface area contributed by atoms with Gasteiger partial charge >= 0.3 is 0 Å². The van der Waals surface area contributed by atoms with E-state index in [4.69, 9.17) is 0 Å². The zero-order valence-corrected chi connectivity index (χ0v) is 11.4. The minimum absolute atomic E-state index is 0.0717. The lowest BCUT2D eigenvalue weighted by atomic mass is 10.1. The van der Waals surface area contributed by atoms with Gasteiger partial charge in [-0.05, 0) is 29.2 Å². The van der Waals surface area contributed by atoms with E-state index in [2.05, 4.69) is 17.4 Å². The summed E-state index contributed by atoms with van der Waals surface area (Å²) in [5.41, 5.74) is 3.19. The molecule has 2 nitrogen and oxygen atoms in total. The van der Waals surface area contributed by atoms with Gasteiger partial charge in [0.2, 0.25) is 5.91 Å². The van der Waals surface area contributed by atoms with Crippen molar-refractivity contribution in [3.05, 3.63) is 54.6 Å². The van der Waals surface area contributed by atoms with Crippen molar-refractivity contribution in [1.29, 1.82) is 0 Å². The van der Waals surface area contributed by atoms with Crippen LogP contribution in [0.4, 0.5) is 5.69 Å². The lowest BCUT2D eigenvalue weighted by molar-refractivity contribution is -0.116. The van der Waals surface area contributed by atoms with E-state index in [-0.39, 0.29) is 5.91 Å². The van der Waals surface area contributed by atoms with Gasteiger partial charge in [0.05, 0.1) is 0 Å². The number of hydrogen-bond donors (Lipinski definition) is 1. The van der Waals surface area contributed by atoms with Crippen LogP contribution in [0, 0.1) is 5.92 Å². The molecule has 1 N–H and O–H groups in total. The SMILES string of the molecule is CC(C)CC(=O)Nc1ccc(-c2ccccc2)cc1. The van der Waals surface area contributed by atoms with Gasteiger partial charge in [0.1, 0.15) is 0 Å². The van der Waals surface area contributed by atoms with Crippen LogP contribution in [0.3, 0.4) is 0 Å². The summed E-state index contributed by atoms with van der Waals surface area (Å²) in [5, 5.41) is 2.91. The Balaban J connectivity index is 2.05. The summed E-state index contributed by atoms with van der Waals surface area (Å²) in [5.74, 6) is 0.450. The molecule has 0 saturated heterocycles. The van der Waals surface area contributed by atoms with Crippen LogP contribution in [0.15, 0.2) is 54.6 Å². The molecule has 0 radical (unpaired) electrons. The Kier molecular flexibility index (Phi) is 4.35. The predicted molar refractivity (Wildman–Crippen MR) is 80.0 cm³/mol. The van der Waals surface area contributed by atoms with Crippen molar-refractivity contribution in [3.8, 4) is 11.1 Å². The second-order valence-corrected chi connectivity index (χ2v) is 5.09. The lowest BCUT2D eigenvalue weighted by Gasteiger charge is -2.08. The van der Waals surface area contributed by atoms with Gasteiger partial charge in [0, 0.05) is 12.1 Å². The number of amides is 1. The van der Waals surface area contributed by atoms with Crippen molar-refractivity contribution in [1.82, 2.24) is 0 Å². The molecule has 0 aliphatic carbocycles. The highest BCUT2D eigenvalue weighted by Gasteiger charge is 2.05. The Morgan fingerprint density at radius 1 is 0.947 bits per heavy atom. The molecule has 2 aromatic carbocycles. The van der Waals surface area contributed by atoms with E-state index in [0.717, 1.165) is 11.3 Å². The van der Waals surface area contributed by atoms with Gasteiger partial charge in [-0.1, -0.05) is 56.3 Å². The van der Waals surface area contributed by atoms with Crippen molar-refractivity contribution in [2.45, 2.75) is 20.3 Å². The van der Waals surface area contributed by atoms with Crippen LogP contribution in [-0.4, -0.2) is 5.91 Å². The van der Waals surface area contributed by atoms with E-state index in [1.54, 1.807) is 0 Å². The summed E-state index contributed by atoms with van der Waals surface area (Å²) in [6.07, 6.45) is 0.556. The van der Waals surface area contributed by atoms with Gasteiger partial charge in [0.25, 0.3) is 0 Å². The fourth-order valence-corrected chi connectivity index (χ4v) is 1.96. The molecule has 0 unspecified atom stereocenters. The Morgan fingerprint density at radius 2 is 1.53 bits per heavy atom. The van der Waals surface area contributed by atoms with E-state index in [9.17, 15) is 4.79 Å². The molecule has 0 fully saturated rings. The number of rotatable bonds is 4. The molecule has 2 aromatic rings. The minimum Gasteiger partial charge on any atom is -0.326 e. The number of carbonyl (C=O) groups is 1. The third kappa shape index (κ3) is 3.95. The monoisotopic (exact) mass is 253 g/mol. The summed E-state index contributed by atoms with van der Waals surface area (Å²) in [7, 11) is 0. The molecular weight excluding hydrogens is 234 g/mol. The number of carbonyl (C=O) groups excluding carboxylic acids is 1. The molecule has 0 aromatic heterocycles. The fraction of sp³-hybridized carbons (Fsp3) is 0.235. The molecule has 0 aliphatic heterocycles. The van der Waals surface area contributed by atoms with Gasteiger partial charge < -0.3 is 5.32 Å². The van der Waals surface area contributed by atoms with Crippen molar-refractivity contribution in [3.63, 3.8) is 0 Å². The zero-order valence-electron chi connectivity index (χ0n) is 11.4. The Labute approximate surface area is 114 Å². The zero-order chi connectivity index (χ0) is 13.7. The third-order valence-corrected chi connectivity index (χ3v) is 2.87. The van der Waals surface area contributed by atoms with Crippen LogP contribution < -0.4 is 5.32 Å². The fourth-order valence-electron chi connectivity index (χ4n) is 1.96. The molecule has 0 heterocycles. The van der Waals surface area contributed by atoms with Crippen LogP contribution in [0.5, 0.6) is 0 Å². The molecule has 0 bridgehead atoms. The number of anilines is 1. The average molecular weight is 253 g/mol. The Hall–Kier alpha value is -2.09. The second kappa shape index (κ2) is 6.19. The van der Waals surface area contributed by atoms with Crippen molar-refractivity contribution in [2.75, 3.05) is 5.32 Å². The van der Waals surface area contributed by atoms with Gasteiger partial charge in [-0.2, -0.15) is 0 Å². The molecule has 19 heavy (non-hydrogen) atoms. The molecule has 0 atom stereocenters. The van der Waals surface area contributed by atoms with Gasteiger partial charge in [-0.15, -0.1) is 0 Å². The Morgan fingerprint density at radius 3 is 2.11 bits per heavy atom. The van der Waals surface area contributed by atoms with Crippen molar-refractivity contribution < 1.29 is 4.79 Å². The first-order valence-corrected chi connectivity index (χ1v) is 6.60. The molecule has 2 heteroatoms. The topological polar surface area (TPSA) is 29.1 Å².